The number of rotatable bonds is 9. The molecule has 7 nitrogen and oxygen atoms in total. The first kappa shape index (κ1) is 28.0. The molecule has 1 fully saturated rings. The lowest BCUT2D eigenvalue weighted by Crippen LogP contribution is -2.49. The average molecular weight is 586 g/mol. The van der Waals surface area contributed by atoms with Gasteiger partial charge in [-0.25, -0.2) is 4.39 Å². The largest absolute Gasteiger partial charge is 0.494 e. The zero-order chi connectivity index (χ0) is 29.2. The van der Waals surface area contributed by atoms with Crippen LogP contribution in [0.3, 0.4) is 0 Å². The van der Waals surface area contributed by atoms with Gasteiger partial charge in [0.25, 0.3) is 0 Å². The van der Waals surface area contributed by atoms with Crippen molar-refractivity contribution in [3.63, 3.8) is 0 Å². The Balaban J connectivity index is 1.28. The second kappa shape index (κ2) is 12.0. The van der Waals surface area contributed by atoms with Gasteiger partial charge in [-0.1, -0.05) is 41.9 Å². The van der Waals surface area contributed by atoms with Gasteiger partial charge in [0.1, 0.15) is 30.3 Å². The van der Waals surface area contributed by atoms with E-state index in [1.54, 1.807) is 36.5 Å². The van der Waals surface area contributed by atoms with Crippen LogP contribution < -0.4 is 14.2 Å². The molecule has 1 N–H and O–H groups in total. The number of aliphatic hydroxyl groups is 1. The van der Waals surface area contributed by atoms with Crippen molar-refractivity contribution in [2.75, 3.05) is 20.2 Å². The summed E-state index contributed by atoms with van der Waals surface area (Å²) in [5, 5.41) is 19.4. The lowest BCUT2D eigenvalue weighted by molar-refractivity contribution is -0.00335. The second-order valence-corrected chi connectivity index (χ2v) is 11.0. The SMILES string of the molecule is COc1cccc(-c2cccc3c2CC[C@@H]3Oc2cc(OCc3cncc(C#N)c3)c(CN3CC(O)C3)cc2Cl)c1F. The van der Waals surface area contributed by atoms with Crippen molar-refractivity contribution >= 4 is 11.6 Å². The molecule has 0 saturated carbocycles. The average Bonchev–Trinajstić information content (AvgIpc) is 3.40. The number of halogens is 2. The van der Waals surface area contributed by atoms with E-state index in [9.17, 15) is 10.4 Å². The minimum atomic E-state index is -0.386. The highest BCUT2D eigenvalue weighted by molar-refractivity contribution is 6.32. The summed E-state index contributed by atoms with van der Waals surface area (Å²) in [7, 11) is 1.46. The Hall–Kier alpha value is -4.16. The lowest BCUT2D eigenvalue weighted by atomic mass is 9.96. The van der Waals surface area contributed by atoms with Gasteiger partial charge >= 0.3 is 0 Å². The molecule has 3 aromatic carbocycles. The number of nitrogens with zero attached hydrogens (tertiary/aromatic N) is 3. The number of aromatic nitrogens is 1. The monoisotopic (exact) mass is 585 g/mol. The van der Waals surface area contributed by atoms with E-state index in [0.717, 1.165) is 34.2 Å². The van der Waals surface area contributed by atoms with Crippen LogP contribution in [0, 0.1) is 17.1 Å². The molecular formula is C33H29ClFN3O4. The van der Waals surface area contributed by atoms with Crippen molar-refractivity contribution in [2.45, 2.75) is 38.2 Å². The molecule has 1 atom stereocenters. The van der Waals surface area contributed by atoms with E-state index in [4.69, 9.17) is 25.8 Å². The van der Waals surface area contributed by atoms with E-state index in [0.29, 0.717) is 53.7 Å². The first-order valence-corrected chi connectivity index (χ1v) is 14.1. The fourth-order valence-corrected chi connectivity index (χ4v) is 5.88. The van der Waals surface area contributed by atoms with Crippen LogP contribution in [-0.2, 0) is 19.6 Å². The van der Waals surface area contributed by atoms with Gasteiger partial charge in [0.2, 0.25) is 0 Å². The van der Waals surface area contributed by atoms with Crippen LogP contribution in [0.15, 0.2) is 67.0 Å². The Labute approximate surface area is 248 Å². The molecule has 1 aliphatic carbocycles. The number of nitriles is 1. The molecule has 0 radical (unpaired) electrons. The first-order valence-electron chi connectivity index (χ1n) is 13.7. The van der Waals surface area contributed by atoms with Crippen molar-refractivity contribution in [3.05, 3.63) is 106 Å². The number of benzene rings is 3. The molecule has 0 amide bonds. The van der Waals surface area contributed by atoms with Crippen LogP contribution in [0.1, 0.15) is 40.3 Å². The van der Waals surface area contributed by atoms with Gasteiger partial charge < -0.3 is 19.3 Å². The van der Waals surface area contributed by atoms with E-state index < -0.39 is 0 Å². The van der Waals surface area contributed by atoms with Gasteiger partial charge in [-0.05, 0) is 47.7 Å². The van der Waals surface area contributed by atoms with Crippen LogP contribution in [0.4, 0.5) is 4.39 Å². The number of methoxy groups -OCH3 is 1. The van der Waals surface area contributed by atoms with Gasteiger partial charge in [0.15, 0.2) is 11.6 Å². The number of β-amino-alcohol motifs (C(OH)–C–C–N with tert-alkyl or cyclic N) is 1. The summed E-state index contributed by atoms with van der Waals surface area (Å²) in [6, 6.07) is 18.5. The summed E-state index contributed by atoms with van der Waals surface area (Å²) in [4.78, 5) is 6.23. The molecule has 2 heterocycles. The van der Waals surface area contributed by atoms with Crippen LogP contribution in [0.2, 0.25) is 5.02 Å². The Bertz CT molecular complexity index is 1670. The maximum absolute atomic E-state index is 15.2. The number of hydrogen-bond donors (Lipinski definition) is 1. The van der Waals surface area contributed by atoms with Gasteiger partial charge in [0, 0.05) is 54.8 Å². The molecule has 9 heteroatoms. The van der Waals surface area contributed by atoms with Crippen molar-refractivity contribution < 1.29 is 23.7 Å². The summed E-state index contributed by atoms with van der Waals surface area (Å²) in [6.45, 7) is 1.93. The third-order valence-electron chi connectivity index (χ3n) is 7.72. The molecule has 4 aromatic rings. The molecule has 1 aromatic heterocycles. The number of pyridine rings is 1. The van der Waals surface area contributed by atoms with Gasteiger partial charge in [-0.2, -0.15) is 5.26 Å². The predicted octanol–water partition coefficient (Wildman–Crippen LogP) is 6.24. The van der Waals surface area contributed by atoms with E-state index in [1.165, 1.54) is 13.3 Å². The molecule has 2 aliphatic rings. The molecule has 0 spiro atoms. The van der Waals surface area contributed by atoms with Crippen LogP contribution in [0.5, 0.6) is 17.2 Å². The zero-order valence-electron chi connectivity index (χ0n) is 23.0. The van der Waals surface area contributed by atoms with Gasteiger partial charge in [0.05, 0.1) is 23.8 Å². The van der Waals surface area contributed by atoms with Crippen molar-refractivity contribution in [1.29, 1.82) is 5.26 Å². The zero-order valence-corrected chi connectivity index (χ0v) is 23.8. The van der Waals surface area contributed by atoms with Crippen molar-refractivity contribution in [3.8, 4) is 34.4 Å². The highest BCUT2D eigenvalue weighted by Crippen LogP contribution is 2.44. The molecule has 1 saturated heterocycles. The number of hydrogen-bond acceptors (Lipinski definition) is 7. The summed E-state index contributed by atoms with van der Waals surface area (Å²) < 4.78 is 33.1. The minimum Gasteiger partial charge on any atom is -0.494 e. The normalized spacial score (nSPS) is 16.4. The van der Waals surface area contributed by atoms with Crippen LogP contribution >= 0.6 is 11.6 Å². The number of fused-ring (bicyclic) bond motifs is 1. The summed E-state index contributed by atoms with van der Waals surface area (Å²) in [5.74, 6) is 0.906. The Morgan fingerprint density at radius 3 is 2.67 bits per heavy atom. The Morgan fingerprint density at radius 2 is 1.88 bits per heavy atom. The quantitative estimate of drug-likeness (QED) is 0.249. The van der Waals surface area contributed by atoms with Crippen molar-refractivity contribution in [2.24, 2.45) is 0 Å². The number of aliphatic hydroxyl groups excluding tert-OH is 1. The van der Waals surface area contributed by atoms with Crippen LogP contribution in [-0.4, -0.2) is 41.3 Å². The Kier molecular flexibility index (Phi) is 7.98. The topological polar surface area (TPSA) is 87.8 Å². The second-order valence-electron chi connectivity index (χ2n) is 10.6. The summed E-state index contributed by atoms with van der Waals surface area (Å²) in [6.07, 6.45) is 4.01. The predicted molar refractivity (Wildman–Crippen MR) is 156 cm³/mol. The number of likely N-dealkylation sites (tertiary alicyclic amines) is 1. The van der Waals surface area contributed by atoms with E-state index in [2.05, 4.69) is 16.0 Å². The fourth-order valence-electron chi connectivity index (χ4n) is 5.65. The highest BCUT2D eigenvalue weighted by Gasteiger charge is 2.30. The molecule has 1 aliphatic heterocycles. The first-order chi connectivity index (χ1) is 20.4. The summed E-state index contributed by atoms with van der Waals surface area (Å²) in [5.41, 5.74) is 5.44. The third-order valence-corrected chi connectivity index (χ3v) is 8.02. The molecule has 0 bridgehead atoms. The molecule has 42 heavy (non-hydrogen) atoms. The van der Waals surface area contributed by atoms with Crippen molar-refractivity contribution in [1.82, 2.24) is 9.88 Å². The minimum absolute atomic E-state index is 0.207. The molecular weight excluding hydrogens is 557 g/mol. The molecule has 0 unspecified atom stereocenters. The van der Waals surface area contributed by atoms with E-state index in [-0.39, 0.29) is 30.4 Å². The molecule has 6 rings (SSSR count). The van der Waals surface area contributed by atoms with E-state index in [1.807, 2.05) is 24.3 Å². The maximum Gasteiger partial charge on any atom is 0.172 e. The van der Waals surface area contributed by atoms with E-state index >= 15 is 4.39 Å². The third kappa shape index (κ3) is 5.64. The van der Waals surface area contributed by atoms with Crippen LogP contribution in [0.25, 0.3) is 11.1 Å². The lowest BCUT2D eigenvalue weighted by Gasteiger charge is -2.36. The fraction of sp³-hybridized carbons (Fsp3) is 0.273. The molecule has 214 valence electrons. The smallest absolute Gasteiger partial charge is 0.172 e. The number of ether oxygens (including phenoxy) is 3. The Morgan fingerprint density at radius 1 is 1.07 bits per heavy atom. The van der Waals surface area contributed by atoms with Gasteiger partial charge in [-0.3, -0.25) is 9.88 Å². The standard InChI is InChI=1S/C33H29ClFN3O4/c1-40-30-7-3-6-27(33(30)35)24-4-2-5-26-25(24)8-9-29(26)42-32-12-31(41-19-21-10-20(13-36)14-37-15-21)22(11-28(32)34)16-38-17-23(39)18-38/h2-7,10-12,14-15,23,29,39H,8-9,16-19H2,1H3/t29-/m0/s1. The summed E-state index contributed by atoms with van der Waals surface area (Å²) >= 11 is 6.76. The highest BCUT2D eigenvalue weighted by atomic mass is 35.5. The maximum atomic E-state index is 15.2. The van der Waals surface area contributed by atoms with Gasteiger partial charge in [-0.15, -0.1) is 0 Å².